The van der Waals surface area contributed by atoms with Crippen LogP contribution in [0, 0.1) is 17.8 Å². The molecule has 0 rings (SSSR count). The second-order valence-electron chi connectivity index (χ2n) is 29.6. The molecular weight excluding hydrogens is 1280 g/mol. The van der Waals surface area contributed by atoms with Gasteiger partial charge in [-0.15, -0.1) is 0 Å². The average molecular weight is 1440 g/mol. The number of esters is 4. The Morgan fingerprint density at radius 3 is 0.776 bits per heavy atom. The van der Waals surface area contributed by atoms with Gasteiger partial charge in [-0.2, -0.15) is 0 Å². The quantitative estimate of drug-likeness (QED) is 0.0222. The van der Waals surface area contributed by atoms with Gasteiger partial charge in [-0.25, -0.2) is 9.13 Å². The molecule has 3 unspecified atom stereocenters. The zero-order chi connectivity index (χ0) is 72.3. The molecule has 0 aromatic heterocycles. The fraction of sp³-hybridized carbons (Fsp3) is 0.949. The summed E-state index contributed by atoms with van der Waals surface area (Å²) in [4.78, 5) is 73.0. The number of aliphatic hydroxyl groups excluding tert-OH is 1. The summed E-state index contributed by atoms with van der Waals surface area (Å²) in [6.45, 7) is 12.0. The SMILES string of the molecule is CCCCCCCCCCCCCCCCCC(=O)O[C@H](COC(=O)CCCCCCCCCCC(C)CC)COP(=O)(O)OC[C@H](O)COP(=O)(O)OC[C@@H](COC(=O)CCCCCCCCCCCCCCC(C)C)OC(=O)CCCCCCCCCCCCCCCC(C)C. The van der Waals surface area contributed by atoms with Crippen molar-refractivity contribution in [2.75, 3.05) is 39.6 Å². The maximum atomic E-state index is 13.1. The van der Waals surface area contributed by atoms with Gasteiger partial charge in [0.25, 0.3) is 0 Å². The van der Waals surface area contributed by atoms with Crippen molar-refractivity contribution < 1.29 is 80.2 Å². The van der Waals surface area contributed by atoms with Gasteiger partial charge in [-0.05, 0) is 43.4 Å². The van der Waals surface area contributed by atoms with Crippen LogP contribution in [0.25, 0.3) is 0 Å². The van der Waals surface area contributed by atoms with Crippen LogP contribution in [0.2, 0.25) is 0 Å². The Hall–Kier alpha value is -1.94. The van der Waals surface area contributed by atoms with E-state index >= 15 is 0 Å². The summed E-state index contributed by atoms with van der Waals surface area (Å²) < 4.78 is 68.7. The molecule has 0 spiro atoms. The average Bonchev–Trinajstić information content (AvgIpc) is 1.01. The number of unbranched alkanes of at least 4 members (excludes halogenated alkanes) is 44. The summed E-state index contributed by atoms with van der Waals surface area (Å²) >= 11 is 0. The molecule has 0 saturated heterocycles. The Kier molecular flexibility index (Phi) is 68.1. The van der Waals surface area contributed by atoms with Crippen molar-refractivity contribution in [2.24, 2.45) is 17.8 Å². The minimum absolute atomic E-state index is 0.107. The zero-order valence-electron chi connectivity index (χ0n) is 64.3. The molecule has 0 bridgehead atoms. The Labute approximate surface area is 600 Å². The fourth-order valence-corrected chi connectivity index (χ4v) is 13.7. The molecule has 3 N–H and O–H groups in total. The monoisotopic (exact) mass is 1440 g/mol. The van der Waals surface area contributed by atoms with Gasteiger partial charge in [0, 0.05) is 25.7 Å². The molecular formula is C79H154O17P2. The van der Waals surface area contributed by atoms with Crippen LogP contribution in [-0.4, -0.2) is 96.7 Å². The van der Waals surface area contributed by atoms with Gasteiger partial charge in [0.1, 0.15) is 19.3 Å². The van der Waals surface area contributed by atoms with Crippen molar-refractivity contribution in [3.63, 3.8) is 0 Å². The van der Waals surface area contributed by atoms with Gasteiger partial charge >= 0.3 is 39.5 Å². The van der Waals surface area contributed by atoms with E-state index in [0.29, 0.717) is 25.7 Å². The lowest BCUT2D eigenvalue weighted by Gasteiger charge is -2.21. The molecule has 582 valence electrons. The normalized spacial score (nSPS) is 14.3. The summed E-state index contributed by atoms with van der Waals surface area (Å²) in [6, 6.07) is 0. The standard InChI is InChI=1S/C79H154O17P2/c1-8-10-11-12-13-14-15-16-17-20-27-32-41-48-55-62-78(83)96-75(67-90-77(82)61-54-47-40-35-34-38-45-52-59-72(7)9-2)69-94-98(87,88)92-65-73(80)64-91-97(85,86)93-68-74(66-89-76(81)60-53-46-39-31-26-23-22-25-30-37-44-51-58-71(5)6)95-79(84)63-56-49-42-33-28-21-18-19-24-29-36-43-50-57-70(3)4/h70-75,80H,8-69H2,1-7H3,(H,85,86)(H,87,88)/t72?,73-,74-,75-/m1/s1. The maximum absolute atomic E-state index is 13.1. The molecule has 0 fully saturated rings. The first-order valence-corrected chi connectivity index (χ1v) is 43.9. The number of aliphatic hydroxyl groups is 1. The van der Waals surface area contributed by atoms with E-state index in [0.717, 1.165) is 108 Å². The third-order valence-electron chi connectivity index (χ3n) is 18.7. The highest BCUT2D eigenvalue weighted by Gasteiger charge is 2.30. The van der Waals surface area contributed by atoms with Gasteiger partial charge < -0.3 is 33.8 Å². The molecule has 0 radical (unpaired) electrons. The first kappa shape index (κ1) is 96.1. The topological polar surface area (TPSA) is 237 Å². The van der Waals surface area contributed by atoms with Crippen molar-refractivity contribution >= 4 is 39.5 Å². The van der Waals surface area contributed by atoms with E-state index in [2.05, 4.69) is 48.5 Å². The number of hydrogen-bond acceptors (Lipinski definition) is 15. The first-order chi connectivity index (χ1) is 47.3. The third kappa shape index (κ3) is 71.1. The van der Waals surface area contributed by atoms with Crippen LogP contribution in [-0.2, 0) is 65.4 Å². The van der Waals surface area contributed by atoms with E-state index in [1.165, 1.54) is 218 Å². The van der Waals surface area contributed by atoms with Crippen molar-refractivity contribution in [3.05, 3.63) is 0 Å². The summed E-state index contributed by atoms with van der Waals surface area (Å²) in [5.74, 6) is 0.234. The number of carbonyl (C=O) groups excluding carboxylic acids is 4. The van der Waals surface area contributed by atoms with Crippen LogP contribution in [0.5, 0.6) is 0 Å². The van der Waals surface area contributed by atoms with Crippen molar-refractivity contribution in [1.82, 2.24) is 0 Å². The molecule has 0 aliphatic heterocycles. The maximum Gasteiger partial charge on any atom is 0.472 e. The van der Waals surface area contributed by atoms with Crippen molar-refractivity contribution in [1.29, 1.82) is 0 Å². The fourth-order valence-electron chi connectivity index (χ4n) is 12.1. The Morgan fingerprint density at radius 2 is 0.520 bits per heavy atom. The second kappa shape index (κ2) is 69.4. The smallest absolute Gasteiger partial charge is 0.462 e. The number of carbonyl (C=O) groups is 4. The van der Waals surface area contributed by atoms with E-state index < -0.39 is 97.5 Å². The minimum Gasteiger partial charge on any atom is -0.462 e. The van der Waals surface area contributed by atoms with Gasteiger partial charge in [0.15, 0.2) is 12.2 Å². The highest BCUT2D eigenvalue weighted by molar-refractivity contribution is 7.47. The predicted molar refractivity (Wildman–Crippen MR) is 400 cm³/mol. The Balaban J connectivity index is 5.28. The van der Waals surface area contributed by atoms with Crippen molar-refractivity contribution in [2.45, 2.75) is 426 Å². The number of rotatable bonds is 77. The summed E-state index contributed by atoms with van der Waals surface area (Å²) in [7, 11) is -9.92. The number of phosphoric ester groups is 2. The molecule has 19 heteroatoms. The van der Waals surface area contributed by atoms with E-state index in [4.69, 9.17) is 37.0 Å². The van der Waals surface area contributed by atoms with E-state index in [1.54, 1.807) is 0 Å². The van der Waals surface area contributed by atoms with Crippen molar-refractivity contribution in [3.8, 4) is 0 Å². The Morgan fingerprint density at radius 1 is 0.296 bits per heavy atom. The summed E-state index contributed by atoms with van der Waals surface area (Å²) in [6.07, 6.45) is 56.7. The summed E-state index contributed by atoms with van der Waals surface area (Å²) in [5, 5.41) is 10.6. The van der Waals surface area contributed by atoms with Crippen LogP contribution in [0.4, 0.5) is 0 Å². The zero-order valence-corrected chi connectivity index (χ0v) is 66.0. The molecule has 0 aromatic carbocycles. The molecule has 98 heavy (non-hydrogen) atoms. The molecule has 0 amide bonds. The molecule has 6 atom stereocenters. The van der Waals surface area contributed by atoms with Gasteiger partial charge in [-0.3, -0.25) is 37.3 Å². The van der Waals surface area contributed by atoms with Crippen LogP contribution >= 0.6 is 15.6 Å². The van der Waals surface area contributed by atoms with Crippen LogP contribution in [0.1, 0.15) is 408 Å². The van der Waals surface area contributed by atoms with E-state index in [9.17, 15) is 43.2 Å². The van der Waals surface area contributed by atoms with Crippen LogP contribution in [0.3, 0.4) is 0 Å². The Bertz CT molecular complexity index is 1910. The van der Waals surface area contributed by atoms with Crippen LogP contribution in [0.15, 0.2) is 0 Å². The van der Waals surface area contributed by atoms with Crippen LogP contribution < -0.4 is 0 Å². The molecule has 17 nitrogen and oxygen atoms in total. The number of hydrogen-bond donors (Lipinski definition) is 3. The van der Waals surface area contributed by atoms with E-state index in [-0.39, 0.29) is 25.7 Å². The van der Waals surface area contributed by atoms with Gasteiger partial charge in [-0.1, -0.05) is 357 Å². The van der Waals surface area contributed by atoms with Gasteiger partial charge in [0.05, 0.1) is 26.4 Å². The lowest BCUT2D eigenvalue weighted by atomic mass is 9.99. The lowest BCUT2D eigenvalue weighted by molar-refractivity contribution is -0.161. The predicted octanol–water partition coefficient (Wildman–Crippen LogP) is 23.4. The van der Waals surface area contributed by atoms with E-state index in [1.807, 2.05) is 0 Å². The largest absolute Gasteiger partial charge is 0.472 e. The molecule has 0 aromatic rings. The molecule has 0 saturated carbocycles. The van der Waals surface area contributed by atoms with Gasteiger partial charge in [0.2, 0.25) is 0 Å². The highest BCUT2D eigenvalue weighted by atomic mass is 31.2. The lowest BCUT2D eigenvalue weighted by Crippen LogP contribution is -2.30. The highest BCUT2D eigenvalue weighted by Crippen LogP contribution is 2.45. The first-order valence-electron chi connectivity index (χ1n) is 40.9. The molecule has 0 heterocycles. The minimum atomic E-state index is -4.96. The summed E-state index contributed by atoms with van der Waals surface area (Å²) in [5.41, 5.74) is 0. The number of phosphoric acid groups is 2. The molecule has 0 aliphatic carbocycles. The number of ether oxygens (including phenoxy) is 4. The molecule has 0 aliphatic rings. The second-order valence-corrected chi connectivity index (χ2v) is 32.6. The third-order valence-corrected chi connectivity index (χ3v) is 20.6.